The third-order valence-electron chi connectivity index (χ3n) is 4.43. The maximum Gasteiger partial charge on any atom is 0.223 e. The topological polar surface area (TPSA) is 51.7 Å². The number of aryl methyl sites for hydroxylation is 2. The zero-order chi connectivity index (χ0) is 17.1. The lowest BCUT2D eigenvalue weighted by Gasteiger charge is -2.27. The lowest BCUT2D eigenvalue weighted by molar-refractivity contribution is -0.131. The van der Waals surface area contributed by atoms with Gasteiger partial charge in [-0.3, -0.25) is 4.79 Å². The van der Waals surface area contributed by atoms with Gasteiger partial charge in [0.25, 0.3) is 0 Å². The number of benzene rings is 1. The third kappa shape index (κ3) is 3.53. The van der Waals surface area contributed by atoms with Gasteiger partial charge in [0.05, 0.1) is 17.2 Å². The standard InChI is InChI=1S/C18H22N2O3S/c1-12-17(24-11-19-12)6-7-18(21)20(3)13(2)14-4-5-15-16(10-14)23-9-8-22-15/h4-5,10-11,13H,6-9H2,1-3H3. The summed E-state index contributed by atoms with van der Waals surface area (Å²) in [6.07, 6.45) is 1.24. The molecule has 0 saturated heterocycles. The second-order valence-corrected chi connectivity index (χ2v) is 6.88. The molecule has 0 spiro atoms. The molecule has 0 radical (unpaired) electrons. The molecule has 3 rings (SSSR count). The highest BCUT2D eigenvalue weighted by Gasteiger charge is 2.20. The van der Waals surface area contributed by atoms with E-state index in [1.165, 1.54) is 4.88 Å². The third-order valence-corrected chi connectivity index (χ3v) is 5.43. The zero-order valence-corrected chi connectivity index (χ0v) is 15.1. The maximum atomic E-state index is 12.5. The van der Waals surface area contributed by atoms with Crippen molar-refractivity contribution in [3.05, 3.63) is 39.8 Å². The normalized spacial score (nSPS) is 14.3. The number of carbonyl (C=O) groups is 1. The summed E-state index contributed by atoms with van der Waals surface area (Å²) < 4.78 is 11.2. The molecule has 1 aliphatic heterocycles. The van der Waals surface area contributed by atoms with Crippen LogP contribution in [0.4, 0.5) is 0 Å². The summed E-state index contributed by atoms with van der Waals surface area (Å²) in [6, 6.07) is 5.86. The van der Waals surface area contributed by atoms with Crippen molar-refractivity contribution in [3.8, 4) is 11.5 Å². The van der Waals surface area contributed by atoms with Gasteiger partial charge in [0.2, 0.25) is 5.91 Å². The van der Waals surface area contributed by atoms with Crippen molar-refractivity contribution in [1.82, 2.24) is 9.88 Å². The highest BCUT2D eigenvalue weighted by atomic mass is 32.1. The monoisotopic (exact) mass is 346 g/mol. The van der Waals surface area contributed by atoms with Gasteiger partial charge in [-0.2, -0.15) is 0 Å². The Hall–Kier alpha value is -2.08. The fourth-order valence-electron chi connectivity index (χ4n) is 2.72. The average molecular weight is 346 g/mol. The van der Waals surface area contributed by atoms with Gasteiger partial charge in [0, 0.05) is 18.3 Å². The molecule has 1 amide bonds. The molecule has 1 aromatic carbocycles. The SMILES string of the molecule is Cc1ncsc1CCC(=O)N(C)C(C)c1ccc2c(c1)OCCO2. The Balaban J connectivity index is 1.64. The summed E-state index contributed by atoms with van der Waals surface area (Å²) in [5, 5.41) is 0. The molecule has 2 heterocycles. The van der Waals surface area contributed by atoms with Gasteiger partial charge in [-0.1, -0.05) is 6.07 Å². The Kier molecular flexibility index (Phi) is 5.04. The number of amides is 1. The summed E-state index contributed by atoms with van der Waals surface area (Å²) in [6.45, 7) is 5.16. The van der Waals surface area contributed by atoms with Crippen molar-refractivity contribution in [2.75, 3.05) is 20.3 Å². The van der Waals surface area contributed by atoms with Gasteiger partial charge in [-0.25, -0.2) is 4.98 Å². The first-order valence-electron chi connectivity index (χ1n) is 8.10. The summed E-state index contributed by atoms with van der Waals surface area (Å²) in [5.41, 5.74) is 3.90. The van der Waals surface area contributed by atoms with Crippen molar-refractivity contribution >= 4 is 17.2 Å². The minimum atomic E-state index is -0.0177. The van der Waals surface area contributed by atoms with Gasteiger partial charge in [0.1, 0.15) is 13.2 Å². The average Bonchev–Trinajstić information content (AvgIpc) is 3.02. The smallest absolute Gasteiger partial charge is 0.223 e. The van der Waals surface area contributed by atoms with Crippen LogP contribution in [0.15, 0.2) is 23.7 Å². The summed E-state index contributed by atoms with van der Waals surface area (Å²) >= 11 is 1.61. The van der Waals surface area contributed by atoms with E-state index in [1.807, 2.05) is 44.6 Å². The first kappa shape index (κ1) is 16.8. The van der Waals surface area contributed by atoms with Crippen molar-refractivity contribution in [1.29, 1.82) is 0 Å². The van der Waals surface area contributed by atoms with E-state index in [-0.39, 0.29) is 11.9 Å². The molecule has 0 aliphatic carbocycles. The van der Waals surface area contributed by atoms with E-state index < -0.39 is 0 Å². The predicted octanol–water partition coefficient (Wildman–Crippen LogP) is 3.37. The molecule has 0 N–H and O–H groups in total. The van der Waals surface area contributed by atoms with Gasteiger partial charge in [-0.15, -0.1) is 11.3 Å². The van der Waals surface area contributed by atoms with Crippen molar-refractivity contribution in [2.24, 2.45) is 0 Å². The van der Waals surface area contributed by atoms with Gasteiger partial charge in [-0.05, 0) is 38.0 Å². The Labute approximate surface area is 146 Å². The number of fused-ring (bicyclic) bond motifs is 1. The highest BCUT2D eigenvalue weighted by molar-refractivity contribution is 7.09. The van der Waals surface area contributed by atoms with Gasteiger partial charge < -0.3 is 14.4 Å². The van der Waals surface area contributed by atoms with E-state index in [0.29, 0.717) is 19.6 Å². The first-order chi connectivity index (χ1) is 11.6. The Morgan fingerprint density at radius 2 is 2.08 bits per heavy atom. The van der Waals surface area contributed by atoms with Crippen LogP contribution < -0.4 is 9.47 Å². The molecule has 5 nitrogen and oxygen atoms in total. The van der Waals surface area contributed by atoms with E-state index in [4.69, 9.17) is 9.47 Å². The number of rotatable bonds is 5. The number of hydrogen-bond acceptors (Lipinski definition) is 5. The second kappa shape index (κ2) is 7.21. The van der Waals surface area contributed by atoms with Gasteiger partial charge in [0.15, 0.2) is 11.5 Å². The van der Waals surface area contributed by atoms with Crippen LogP contribution in [0, 0.1) is 6.92 Å². The number of hydrogen-bond donors (Lipinski definition) is 0. The van der Waals surface area contributed by atoms with Crippen LogP contribution in [-0.2, 0) is 11.2 Å². The summed E-state index contributed by atoms with van der Waals surface area (Å²) in [4.78, 5) is 19.7. The number of thiazole rings is 1. The number of nitrogens with zero attached hydrogens (tertiary/aromatic N) is 2. The molecule has 1 aromatic heterocycles. The minimum absolute atomic E-state index is 0.0177. The molecule has 0 saturated carbocycles. The Morgan fingerprint density at radius 1 is 1.33 bits per heavy atom. The van der Waals surface area contributed by atoms with Crippen LogP contribution in [0.25, 0.3) is 0 Å². The molecule has 1 atom stereocenters. The summed E-state index contributed by atoms with van der Waals surface area (Å²) in [7, 11) is 1.85. The molecule has 6 heteroatoms. The van der Waals surface area contributed by atoms with Crippen molar-refractivity contribution < 1.29 is 14.3 Å². The summed E-state index contributed by atoms with van der Waals surface area (Å²) in [5.74, 6) is 1.66. The highest BCUT2D eigenvalue weighted by Crippen LogP contribution is 2.33. The van der Waals surface area contributed by atoms with Crippen molar-refractivity contribution in [2.45, 2.75) is 32.7 Å². The largest absolute Gasteiger partial charge is 0.486 e. The van der Waals surface area contributed by atoms with Crippen LogP contribution in [0.2, 0.25) is 0 Å². The predicted molar refractivity (Wildman–Crippen MR) is 93.8 cm³/mol. The van der Waals surface area contributed by atoms with Crippen LogP contribution in [0.5, 0.6) is 11.5 Å². The van der Waals surface area contributed by atoms with Crippen LogP contribution >= 0.6 is 11.3 Å². The molecule has 2 aromatic rings. The molecule has 24 heavy (non-hydrogen) atoms. The van der Waals surface area contributed by atoms with E-state index in [9.17, 15) is 4.79 Å². The molecule has 0 bridgehead atoms. The zero-order valence-electron chi connectivity index (χ0n) is 14.2. The minimum Gasteiger partial charge on any atom is -0.486 e. The van der Waals surface area contributed by atoms with E-state index in [1.54, 1.807) is 16.2 Å². The lowest BCUT2D eigenvalue weighted by Crippen LogP contribution is -2.30. The molecular weight excluding hydrogens is 324 g/mol. The number of ether oxygens (including phenoxy) is 2. The van der Waals surface area contributed by atoms with E-state index in [2.05, 4.69) is 4.98 Å². The molecule has 1 unspecified atom stereocenters. The molecular formula is C18H22N2O3S. The van der Waals surface area contributed by atoms with E-state index in [0.717, 1.165) is 29.2 Å². The van der Waals surface area contributed by atoms with Crippen LogP contribution in [-0.4, -0.2) is 36.1 Å². The second-order valence-electron chi connectivity index (χ2n) is 5.94. The number of carbonyl (C=O) groups excluding carboxylic acids is 1. The quantitative estimate of drug-likeness (QED) is 0.833. The first-order valence-corrected chi connectivity index (χ1v) is 8.98. The molecule has 1 aliphatic rings. The van der Waals surface area contributed by atoms with Gasteiger partial charge >= 0.3 is 0 Å². The molecule has 128 valence electrons. The van der Waals surface area contributed by atoms with Crippen LogP contribution in [0.1, 0.15) is 35.5 Å². The maximum absolute atomic E-state index is 12.5. The fraction of sp³-hybridized carbons (Fsp3) is 0.444. The number of aromatic nitrogens is 1. The van der Waals surface area contributed by atoms with E-state index >= 15 is 0 Å². The fourth-order valence-corrected chi connectivity index (χ4v) is 3.50. The lowest BCUT2D eigenvalue weighted by atomic mass is 10.1. The Morgan fingerprint density at radius 3 is 2.79 bits per heavy atom. The molecule has 0 fully saturated rings. The Bertz CT molecular complexity index is 729. The van der Waals surface area contributed by atoms with Crippen LogP contribution in [0.3, 0.4) is 0 Å². The van der Waals surface area contributed by atoms with Crippen molar-refractivity contribution in [3.63, 3.8) is 0 Å².